The number of amides is 3. The highest BCUT2D eigenvalue weighted by Crippen LogP contribution is 2.54. The molecule has 3 aromatic rings. The van der Waals surface area contributed by atoms with Gasteiger partial charge in [-0.05, 0) is 42.5 Å². The number of morpholine rings is 1. The third-order valence-corrected chi connectivity index (χ3v) is 9.81. The number of ether oxygens (including phenoxy) is 3. The summed E-state index contributed by atoms with van der Waals surface area (Å²) < 4.78 is 16.6. The van der Waals surface area contributed by atoms with Crippen molar-refractivity contribution < 1.29 is 28.6 Å². The number of aromatic amines is 1. The number of hydrogen-bond acceptors (Lipinski definition) is 9. The number of aromatic nitrogens is 1. The SMILES string of the molecule is COc1ccc(N2C(=O)C3Sc4[nH]c(=O)sc4C(c4cc(Cl)ccc4OCC(=O)N4CCOCC4)C3C2=O)cc1. The second kappa shape index (κ2) is 10.9. The van der Waals surface area contributed by atoms with E-state index in [1.807, 2.05) is 0 Å². The Morgan fingerprint density at radius 3 is 2.58 bits per heavy atom. The first kappa shape index (κ1) is 26.9. The lowest BCUT2D eigenvalue weighted by Crippen LogP contribution is -2.43. The lowest BCUT2D eigenvalue weighted by molar-refractivity contribution is -0.137. The maximum Gasteiger partial charge on any atom is 0.305 e. The fourth-order valence-electron chi connectivity index (χ4n) is 5.28. The number of rotatable bonds is 6. The molecule has 6 rings (SSSR count). The molecule has 3 atom stereocenters. The first-order valence-electron chi connectivity index (χ1n) is 12.5. The smallest absolute Gasteiger partial charge is 0.305 e. The Labute approximate surface area is 242 Å². The molecule has 3 amide bonds. The van der Waals surface area contributed by atoms with E-state index in [1.165, 1.54) is 23.8 Å². The maximum absolute atomic E-state index is 14.0. The number of anilines is 1. The summed E-state index contributed by atoms with van der Waals surface area (Å²) in [5.74, 6) is -1.52. The van der Waals surface area contributed by atoms with Gasteiger partial charge in [-0.2, -0.15) is 0 Å². The molecule has 0 aliphatic carbocycles. The molecule has 0 bridgehead atoms. The second-order valence-corrected chi connectivity index (χ2v) is 12.0. The number of carbonyl (C=O) groups is 3. The van der Waals surface area contributed by atoms with Crippen molar-refractivity contribution in [2.24, 2.45) is 5.92 Å². The standard InChI is InChI=1S/C27H24ClN3O7S2/c1-36-16-5-3-15(4-6-16)31-25(33)21-20(22-24(29-27(35)40-22)39-23(21)26(31)34)17-12-14(28)2-7-18(17)38-13-19(32)30-8-10-37-11-9-30/h2-7,12,20-21,23H,8-11,13H2,1H3,(H,29,35). The molecule has 0 spiro atoms. The minimum atomic E-state index is -0.825. The van der Waals surface area contributed by atoms with Crippen LogP contribution in [0.1, 0.15) is 16.4 Å². The summed E-state index contributed by atoms with van der Waals surface area (Å²) in [6, 6.07) is 11.7. The molecule has 3 unspecified atom stereocenters. The fourth-order valence-corrected chi connectivity index (χ4v) is 7.96. The van der Waals surface area contributed by atoms with Crippen LogP contribution in [0.25, 0.3) is 0 Å². The van der Waals surface area contributed by atoms with Crippen LogP contribution in [0.5, 0.6) is 11.5 Å². The van der Waals surface area contributed by atoms with Crippen molar-refractivity contribution in [3.8, 4) is 11.5 Å². The molecule has 13 heteroatoms. The molecule has 1 N–H and O–H groups in total. The number of methoxy groups -OCH3 is 1. The lowest BCUT2D eigenvalue weighted by atomic mass is 9.82. The molecular weight excluding hydrogens is 578 g/mol. The van der Waals surface area contributed by atoms with E-state index in [9.17, 15) is 19.2 Å². The van der Waals surface area contributed by atoms with E-state index in [4.69, 9.17) is 25.8 Å². The van der Waals surface area contributed by atoms with E-state index in [-0.39, 0.29) is 29.2 Å². The molecular formula is C27H24ClN3O7S2. The van der Waals surface area contributed by atoms with Crippen molar-refractivity contribution in [3.05, 3.63) is 67.6 Å². The Morgan fingerprint density at radius 1 is 1.10 bits per heavy atom. The van der Waals surface area contributed by atoms with E-state index in [0.29, 0.717) is 64.0 Å². The van der Waals surface area contributed by atoms with Crippen LogP contribution in [0.3, 0.4) is 0 Å². The number of nitrogens with one attached hydrogen (secondary N) is 1. The molecule has 0 saturated carbocycles. The predicted molar refractivity (Wildman–Crippen MR) is 150 cm³/mol. The van der Waals surface area contributed by atoms with Gasteiger partial charge < -0.3 is 24.1 Å². The molecule has 4 heterocycles. The topological polar surface area (TPSA) is 118 Å². The van der Waals surface area contributed by atoms with Crippen molar-refractivity contribution in [1.29, 1.82) is 0 Å². The van der Waals surface area contributed by atoms with Crippen molar-refractivity contribution in [1.82, 2.24) is 9.88 Å². The maximum atomic E-state index is 14.0. The average molecular weight is 602 g/mol. The van der Waals surface area contributed by atoms with Gasteiger partial charge in [0.25, 0.3) is 5.91 Å². The zero-order chi connectivity index (χ0) is 28.0. The number of thiazole rings is 1. The van der Waals surface area contributed by atoms with Gasteiger partial charge in [-0.3, -0.25) is 19.2 Å². The first-order chi connectivity index (χ1) is 19.4. The molecule has 10 nitrogen and oxygen atoms in total. The van der Waals surface area contributed by atoms with Gasteiger partial charge in [0.1, 0.15) is 16.7 Å². The van der Waals surface area contributed by atoms with Crippen LogP contribution < -0.4 is 19.2 Å². The average Bonchev–Trinajstić information content (AvgIpc) is 3.46. The van der Waals surface area contributed by atoms with Crippen LogP contribution in [0.15, 0.2) is 52.3 Å². The highest BCUT2D eigenvalue weighted by molar-refractivity contribution is 8.00. The van der Waals surface area contributed by atoms with Crippen LogP contribution in [-0.2, 0) is 19.1 Å². The summed E-state index contributed by atoms with van der Waals surface area (Å²) in [6.07, 6.45) is 0. The quantitative estimate of drug-likeness (QED) is 0.428. The number of halogens is 1. The van der Waals surface area contributed by atoms with Gasteiger partial charge in [0.05, 0.1) is 37.0 Å². The monoisotopic (exact) mass is 601 g/mol. The van der Waals surface area contributed by atoms with Gasteiger partial charge >= 0.3 is 4.87 Å². The zero-order valence-electron chi connectivity index (χ0n) is 21.3. The summed E-state index contributed by atoms with van der Waals surface area (Å²) in [5, 5.41) is 0.151. The fraction of sp³-hybridized carbons (Fsp3) is 0.333. The number of imide groups is 1. The third kappa shape index (κ3) is 4.78. The van der Waals surface area contributed by atoms with Crippen molar-refractivity contribution in [2.45, 2.75) is 16.2 Å². The van der Waals surface area contributed by atoms with Crippen LogP contribution in [0.4, 0.5) is 5.69 Å². The third-order valence-electron chi connectivity index (χ3n) is 7.18. The van der Waals surface area contributed by atoms with Crippen LogP contribution in [0, 0.1) is 5.92 Å². The number of hydrogen-bond donors (Lipinski definition) is 1. The van der Waals surface area contributed by atoms with Crippen molar-refractivity contribution in [3.63, 3.8) is 0 Å². The molecule has 3 aliphatic heterocycles. The molecule has 3 aliphatic rings. The zero-order valence-corrected chi connectivity index (χ0v) is 23.6. The number of H-pyrrole nitrogens is 1. The second-order valence-electron chi connectivity index (χ2n) is 9.42. The van der Waals surface area contributed by atoms with Gasteiger partial charge in [0.2, 0.25) is 11.8 Å². The molecule has 208 valence electrons. The molecule has 1 aromatic heterocycles. The number of carbonyl (C=O) groups excluding carboxylic acids is 3. The van der Waals surface area contributed by atoms with Crippen LogP contribution >= 0.6 is 34.7 Å². The van der Waals surface area contributed by atoms with Gasteiger partial charge in [-0.25, -0.2) is 4.90 Å². The highest BCUT2D eigenvalue weighted by Gasteiger charge is 2.56. The van der Waals surface area contributed by atoms with Gasteiger partial charge in [-0.1, -0.05) is 34.7 Å². The summed E-state index contributed by atoms with van der Waals surface area (Å²) in [6.45, 7) is 1.69. The Hall–Kier alpha value is -3.32. The van der Waals surface area contributed by atoms with E-state index in [0.717, 1.165) is 11.3 Å². The molecule has 2 aromatic carbocycles. The van der Waals surface area contributed by atoms with Crippen LogP contribution in [0.2, 0.25) is 5.02 Å². The Kier molecular flexibility index (Phi) is 7.34. The molecule has 2 fully saturated rings. The van der Waals surface area contributed by atoms with E-state index in [2.05, 4.69) is 4.98 Å². The largest absolute Gasteiger partial charge is 0.497 e. The summed E-state index contributed by atoms with van der Waals surface area (Å²) in [5.41, 5.74) is 0.965. The Morgan fingerprint density at radius 2 is 1.85 bits per heavy atom. The van der Waals surface area contributed by atoms with Gasteiger partial charge in [0, 0.05) is 34.5 Å². The van der Waals surface area contributed by atoms with E-state index >= 15 is 0 Å². The van der Waals surface area contributed by atoms with Crippen molar-refractivity contribution in [2.75, 3.05) is 44.9 Å². The molecule has 2 saturated heterocycles. The minimum Gasteiger partial charge on any atom is -0.497 e. The minimum absolute atomic E-state index is 0.189. The first-order valence-corrected chi connectivity index (χ1v) is 14.6. The normalized spacial score (nSPS) is 22.2. The molecule has 0 radical (unpaired) electrons. The number of fused-ring (bicyclic) bond motifs is 2. The Bertz CT molecular complexity index is 1530. The summed E-state index contributed by atoms with van der Waals surface area (Å²) in [7, 11) is 1.54. The number of nitrogens with zero attached hydrogens (tertiary/aromatic N) is 2. The molecule has 40 heavy (non-hydrogen) atoms. The van der Waals surface area contributed by atoms with Gasteiger partial charge in [-0.15, -0.1) is 0 Å². The van der Waals surface area contributed by atoms with E-state index < -0.39 is 17.1 Å². The Balaban J connectivity index is 1.38. The summed E-state index contributed by atoms with van der Waals surface area (Å²) in [4.78, 5) is 59.0. The lowest BCUT2D eigenvalue weighted by Gasteiger charge is -2.31. The number of benzene rings is 2. The van der Waals surface area contributed by atoms with E-state index in [1.54, 1.807) is 47.4 Å². The summed E-state index contributed by atoms with van der Waals surface area (Å²) >= 11 is 8.60. The number of thioether (sulfide) groups is 1. The predicted octanol–water partition coefficient (Wildman–Crippen LogP) is 3.13. The van der Waals surface area contributed by atoms with Crippen LogP contribution in [-0.4, -0.2) is 72.9 Å². The van der Waals surface area contributed by atoms with Gasteiger partial charge in [0.15, 0.2) is 6.61 Å². The highest BCUT2D eigenvalue weighted by atomic mass is 35.5. The van der Waals surface area contributed by atoms with Crippen molar-refractivity contribution >= 4 is 58.1 Å².